The molecule has 2 aromatic rings. The number of ether oxygens (including phenoxy) is 1. The van der Waals surface area contributed by atoms with E-state index in [-0.39, 0.29) is 11.4 Å². The lowest BCUT2D eigenvalue weighted by Gasteiger charge is -2.13. The van der Waals surface area contributed by atoms with E-state index in [4.69, 9.17) is 4.74 Å². The molecule has 0 atom stereocenters. The van der Waals surface area contributed by atoms with Crippen LogP contribution in [-0.4, -0.2) is 41.7 Å². The van der Waals surface area contributed by atoms with Crippen LogP contribution in [0.1, 0.15) is 16.7 Å². The minimum Gasteiger partial charge on any atom is -0.383 e. The first-order valence-corrected chi connectivity index (χ1v) is 10.5. The predicted octanol–water partition coefficient (Wildman–Crippen LogP) is 1.78. The standard InChI is InChI=1S/C20H28N4O3S/c1-16-7-9-17(10-8-16)14-22-20(21-2)23-15-18-5-4-6-19(13-18)28(25,26)24-11-12-27-3/h4-10,13,24H,11-12,14-15H2,1-3H3,(H2,21,22,23). The van der Waals surface area contributed by atoms with Crippen molar-refractivity contribution >= 4 is 16.0 Å². The van der Waals surface area contributed by atoms with Gasteiger partial charge >= 0.3 is 0 Å². The van der Waals surface area contributed by atoms with E-state index in [0.717, 1.165) is 11.1 Å². The number of aryl methyl sites for hydroxylation is 1. The Labute approximate surface area is 167 Å². The zero-order chi connectivity index (χ0) is 20.4. The van der Waals surface area contributed by atoms with Gasteiger partial charge in [0.15, 0.2) is 5.96 Å². The molecule has 0 aliphatic heterocycles. The molecular weight excluding hydrogens is 376 g/mol. The predicted molar refractivity (Wildman–Crippen MR) is 112 cm³/mol. The lowest BCUT2D eigenvalue weighted by molar-refractivity contribution is 0.204. The van der Waals surface area contributed by atoms with Crippen LogP contribution in [0.15, 0.2) is 58.4 Å². The van der Waals surface area contributed by atoms with E-state index in [1.165, 1.54) is 12.7 Å². The molecule has 0 bridgehead atoms. The zero-order valence-corrected chi connectivity index (χ0v) is 17.3. The number of hydrogen-bond acceptors (Lipinski definition) is 4. The Balaban J connectivity index is 1.92. The molecule has 3 N–H and O–H groups in total. The van der Waals surface area contributed by atoms with Crippen LogP contribution in [0.3, 0.4) is 0 Å². The van der Waals surface area contributed by atoms with Gasteiger partial charge in [0.25, 0.3) is 0 Å². The van der Waals surface area contributed by atoms with Crippen LogP contribution in [0.25, 0.3) is 0 Å². The van der Waals surface area contributed by atoms with Crippen molar-refractivity contribution in [3.63, 3.8) is 0 Å². The van der Waals surface area contributed by atoms with Crippen LogP contribution in [0.5, 0.6) is 0 Å². The monoisotopic (exact) mass is 404 g/mol. The van der Waals surface area contributed by atoms with Crippen LogP contribution in [-0.2, 0) is 27.8 Å². The molecule has 0 saturated carbocycles. The summed E-state index contributed by atoms with van der Waals surface area (Å²) in [7, 11) is -0.325. The summed E-state index contributed by atoms with van der Waals surface area (Å²) >= 11 is 0. The van der Waals surface area contributed by atoms with Gasteiger partial charge in [0.2, 0.25) is 10.0 Å². The van der Waals surface area contributed by atoms with Gasteiger partial charge in [-0.3, -0.25) is 4.99 Å². The maximum atomic E-state index is 12.3. The molecule has 0 aliphatic carbocycles. The summed E-state index contributed by atoms with van der Waals surface area (Å²) < 4.78 is 32.0. The van der Waals surface area contributed by atoms with Crippen LogP contribution in [0.2, 0.25) is 0 Å². The van der Waals surface area contributed by atoms with E-state index in [1.807, 2.05) is 6.07 Å². The quantitative estimate of drug-likeness (QED) is 0.337. The summed E-state index contributed by atoms with van der Waals surface area (Å²) in [5.74, 6) is 0.645. The fraction of sp³-hybridized carbons (Fsp3) is 0.350. The fourth-order valence-corrected chi connectivity index (χ4v) is 3.57. The summed E-state index contributed by atoms with van der Waals surface area (Å²) in [5, 5.41) is 6.45. The number of nitrogens with one attached hydrogen (secondary N) is 3. The van der Waals surface area contributed by atoms with Crippen molar-refractivity contribution in [3.8, 4) is 0 Å². The molecule has 2 rings (SSSR count). The minimum absolute atomic E-state index is 0.227. The molecular formula is C20H28N4O3S. The molecule has 0 saturated heterocycles. The molecule has 0 unspecified atom stereocenters. The number of sulfonamides is 1. The average molecular weight is 405 g/mol. The van der Waals surface area contributed by atoms with Gasteiger partial charge < -0.3 is 15.4 Å². The molecule has 7 nitrogen and oxygen atoms in total. The number of nitrogens with zero attached hydrogens (tertiary/aromatic N) is 1. The molecule has 0 spiro atoms. The number of rotatable bonds is 9. The lowest BCUT2D eigenvalue weighted by Crippen LogP contribution is -2.36. The smallest absolute Gasteiger partial charge is 0.240 e. The first-order chi connectivity index (χ1) is 13.4. The fourth-order valence-electron chi connectivity index (χ4n) is 2.48. The zero-order valence-electron chi connectivity index (χ0n) is 16.5. The van der Waals surface area contributed by atoms with E-state index in [0.29, 0.717) is 25.7 Å². The van der Waals surface area contributed by atoms with Crippen molar-refractivity contribution in [2.75, 3.05) is 27.3 Å². The van der Waals surface area contributed by atoms with Crippen molar-refractivity contribution in [1.82, 2.24) is 15.4 Å². The topological polar surface area (TPSA) is 91.8 Å². The lowest BCUT2D eigenvalue weighted by atomic mass is 10.1. The SMILES string of the molecule is CN=C(NCc1ccc(C)cc1)NCc1cccc(S(=O)(=O)NCCOC)c1. The highest BCUT2D eigenvalue weighted by atomic mass is 32.2. The molecule has 0 aliphatic rings. The van der Waals surface area contributed by atoms with Crippen LogP contribution in [0, 0.1) is 6.92 Å². The normalized spacial score (nSPS) is 12.0. The number of hydrogen-bond donors (Lipinski definition) is 3. The Morgan fingerprint density at radius 1 is 1.04 bits per heavy atom. The first-order valence-electron chi connectivity index (χ1n) is 9.02. The van der Waals surface area contributed by atoms with Gasteiger partial charge in [0, 0.05) is 33.8 Å². The average Bonchev–Trinajstić information content (AvgIpc) is 2.70. The van der Waals surface area contributed by atoms with Crippen LogP contribution >= 0.6 is 0 Å². The number of aliphatic imine (C=N–C) groups is 1. The van der Waals surface area contributed by atoms with Gasteiger partial charge in [-0.1, -0.05) is 42.0 Å². The van der Waals surface area contributed by atoms with Crippen LogP contribution in [0.4, 0.5) is 0 Å². The minimum atomic E-state index is -3.55. The van der Waals surface area contributed by atoms with Gasteiger partial charge in [0.05, 0.1) is 11.5 Å². The summed E-state index contributed by atoms with van der Waals surface area (Å²) in [6, 6.07) is 15.1. The third-order valence-electron chi connectivity index (χ3n) is 4.07. The van der Waals surface area contributed by atoms with Gasteiger partial charge in [-0.2, -0.15) is 0 Å². The van der Waals surface area contributed by atoms with Crippen molar-refractivity contribution in [2.24, 2.45) is 4.99 Å². The number of benzene rings is 2. The van der Waals surface area contributed by atoms with E-state index in [2.05, 4.69) is 51.5 Å². The van der Waals surface area contributed by atoms with Crippen molar-refractivity contribution in [2.45, 2.75) is 24.9 Å². The third-order valence-corrected chi connectivity index (χ3v) is 5.53. The maximum absolute atomic E-state index is 12.3. The van der Waals surface area contributed by atoms with Gasteiger partial charge in [-0.25, -0.2) is 13.1 Å². The highest BCUT2D eigenvalue weighted by Crippen LogP contribution is 2.11. The molecule has 0 fully saturated rings. The summed E-state index contributed by atoms with van der Waals surface area (Å²) in [6.07, 6.45) is 0. The van der Waals surface area contributed by atoms with Crippen molar-refractivity contribution in [3.05, 3.63) is 65.2 Å². The highest BCUT2D eigenvalue weighted by molar-refractivity contribution is 7.89. The molecule has 28 heavy (non-hydrogen) atoms. The Bertz CT molecular complexity index is 881. The van der Waals surface area contributed by atoms with E-state index in [1.54, 1.807) is 25.2 Å². The van der Waals surface area contributed by atoms with Gasteiger partial charge in [-0.05, 0) is 30.2 Å². The van der Waals surface area contributed by atoms with E-state index in [9.17, 15) is 8.42 Å². The summed E-state index contributed by atoms with van der Waals surface area (Å²) in [4.78, 5) is 4.43. The molecule has 0 radical (unpaired) electrons. The Morgan fingerprint density at radius 3 is 2.36 bits per heavy atom. The highest BCUT2D eigenvalue weighted by Gasteiger charge is 2.13. The first kappa shape index (κ1) is 21.9. The summed E-state index contributed by atoms with van der Waals surface area (Å²) in [5.41, 5.74) is 3.22. The third kappa shape index (κ3) is 6.95. The van der Waals surface area contributed by atoms with E-state index < -0.39 is 10.0 Å². The van der Waals surface area contributed by atoms with E-state index >= 15 is 0 Å². The van der Waals surface area contributed by atoms with Crippen molar-refractivity contribution in [1.29, 1.82) is 0 Å². The molecule has 0 aromatic heterocycles. The number of methoxy groups -OCH3 is 1. The second-order valence-electron chi connectivity index (χ2n) is 6.30. The molecule has 2 aromatic carbocycles. The largest absolute Gasteiger partial charge is 0.383 e. The molecule has 152 valence electrons. The molecule has 0 heterocycles. The van der Waals surface area contributed by atoms with Gasteiger partial charge in [-0.15, -0.1) is 0 Å². The summed E-state index contributed by atoms with van der Waals surface area (Å²) in [6.45, 7) is 3.71. The number of guanidine groups is 1. The van der Waals surface area contributed by atoms with Crippen molar-refractivity contribution < 1.29 is 13.2 Å². The second-order valence-corrected chi connectivity index (χ2v) is 8.07. The maximum Gasteiger partial charge on any atom is 0.240 e. The Kier molecular flexibility index (Phi) is 8.43. The van der Waals surface area contributed by atoms with Crippen LogP contribution < -0.4 is 15.4 Å². The Hall–Kier alpha value is -2.42. The Morgan fingerprint density at radius 2 is 1.71 bits per heavy atom. The van der Waals surface area contributed by atoms with Gasteiger partial charge in [0.1, 0.15) is 0 Å². The molecule has 0 amide bonds. The second kappa shape index (κ2) is 10.8. The molecule has 8 heteroatoms.